The lowest BCUT2D eigenvalue weighted by molar-refractivity contribution is -0.115. The van der Waals surface area contributed by atoms with E-state index in [1.165, 1.54) is 18.5 Å². The maximum absolute atomic E-state index is 11.5. The molecule has 3 rings (SSSR count). The molecule has 1 aromatic carbocycles. The van der Waals surface area contributed by atoms with Gasteiger partial charge >= 0.3 is 0 Å². The van der Waals surface area contributed by atoms with E-state index in [9.17, 15) is 4.79 Å². The maximum atomic E-state index is 11.5. The van der Waals surface area contributed by atoms with Crippen molar-refractivity contribution in [1.29, 1.82) is 0 Å². The highest BCUT2D eigenvalue weighted by molar-refractivity contribution is 5.97. The Hall–Kier alpha value is -2.10. The summed E-state index contributed by atoms with van der Waals surface area (Å²) in [7, 11) is 0. The standard InChI is InChI=1S/C17H21N3O/c1-3-17(21)19-13-6-7-14-15(11-13)18-12(2)10-16(14)20-8-4-5-9-20/h6-7,10-11H,3-5,8-9H2,1-2H3,(H,19,21). The van der Waals surface area contributed by atoms with Crippen LogP contribution >= 0.6 is 0 Å². The van der Waals surface area contributed by atoms with Gasteiger partial charge in [-0.05, 0) is 44.0 Å². The molecule has 0 radical (unpaired) electrons. The van der Waals surface area contributed by atoms with Gasteiger partial charge in [-0.3, -0.25) is 9.78 Å². The number of nitrogens with one attached hydrogen (secondary N) is 1. The van der Waals surface area contributed by atoms with Gasteiger partial charge in [-0.15, -0.1) is 0 Å². The molecule has 1 aromatic heterocycles. The largest absolute Gasteiger partial charge is 0.371 e. The Bertz CT molecular complexity index is 675. The van der Waals surface area contributed by atoms with Crippen LogP contribution in [0.25, 0.3) is 10.9 Å². The van der Waals surface area contributed by atoms with Gasteiger partial charge in [0.25, 0.3) is 0 Å². The second kappa shape index (κ2) is 5.72. The van der Waals surface area contributed by atoms with Crippen molar-refractivity contribution in [2.24, 2.45) is 0 Å². The first-order chi connectivity index (χ1) is 10.2. The van der Waals surface area contributed by atoms with Crippen molar-refractivity contribution >= 4 is 28.2 Å². The van der Waals surface area contributed by atoms with Gasteiger partial charge in [-0.2, -0.15) is 0 Å². The van der Waals surface area contributed by atoms with E-state index in [0.29, 0.717) is 6.42 Å². The van der Waals surface area contributed by atoms with Gasteiger partial charge < -0.3 is 10.2 Å². The summed E-state index contributed by atoms with van der Waals surface area (Å²) in [5, 5.41) is 4.06. The summed E-state index contributed by atoms with van der Waals surface area (Å²) >= 11 is 0. The molecule has 110 valence electrons. The smallest absolute Gasteiger partial charge is 0.224 e. The molecule has 21 heavy (non-hydrogen) atoms. The van der Waals surface area contributed by atoms with Crippen molar-refractivity contribution in [3.05, 3.63) is 30.0 Å². The van der Waals surface area contributed by atoms with Gasteiger partial charge in [0, 0.05) is 42.0 Å². The number of hydrogen-bond donors (Lipinski definition) is 1. The van der Waals surface area contributed by atoms with Gasteiger partial charge in [0.05, 0.1) is 5.52 Å². The van der Waals surface area contributed by atoms with Crippen LogP contribution in [0.4, 0.5) is 11.4 Å². The number of hydrogen-bond acceptors (Lipinski definition) is 3. The van der Waals surface area contributed by atoms with Crippen molar-refractivity contribution < 1.29 is 4.79 Å². The van der Waals surface area contributed by atoms with Gasteiger partial charge in [0.15, 0.2) is 0 Å². The lowest BCUT2D eigenvalue weighted by Gasteiger charge is -2.20. The molecule has 2 heterocycles. The Morgan fingerprint density at radius 2 is 2.05 bits per heavy atom. The monoisotopic (exact) mass is 283 g/mol. The van der Waals surface area contributed by atoms with E-state index in [-0.39, 0.29) is 5.91 Å². The molecule has 0 spiro atoms. The zero-order chi connectivity index (χ0) is 14.8. The highest BCUT2D eigenvalue weighted by Gasteiger charge is 2.16. The van der Waals surface area contributed by atoms with E-state index in [1.54, 1.807) is 0 Å². The number of benzene rings is 1. The average molecular weight is 283 g/mol. The molecule has 4 heteroatoms. The van der Waals surface area contributed by atoms with Crippen molar-refractivity contribution in [3.63, 3.8) is 0 Å². The minimum atomic E-state index is 0.0294. The number of amides is 1. The molecule has 1 aliphatic heterocycles. The van der Waals surface area contributed by atoms with Gasteiger partial charge in [-0.25, -0.2) is 0 Å². The Labute approximate surface area is 125 Å². The fourth-order valence-corrected chi connectivity index (χ4v) is 2.89. The van der Waals surface area contributed by atoms with Crippen LogP contribution in [-0.4, -0.2) is 24.0 Å². The zero-order valence-electron chi connectivity index (χ0n) is 12.6. The van der Waals surface area contributed by atoms with Gasteiger partial charge in [0.1, 0.15) is 0 Å². The average Bonchev–Trinajstić information content (AvgIpc) is 3.00. The molecule has 1 fully saturated rings. The minimum Gasteiger partial charge on any atom is -0.371 e. The summed E-state index contributed by atoms with van der Waals surface area (Å²) in [4.78, 5) is 18.6. The van der Waals surface area contributed by atoms with Crippen molar-refractivity contribution in [2.75, 3.05) is 23.3 Å². The van der Waals surface area contributed by atoms with Crippen molar-refractivity contribution in [1.82, 2.24) is 4.98 Å². The summed E-state index contributed by atoms with van der Waals surface area (Å²) in [6.45, 7) is 6.11. The second-order valence-electron chi connectivity index (χ2n) is 5.61. The topological polar surface area (TPSA) is 45.2 Å². The summed E-state index contributed by atoms with van der Waals surface area (Å²) in [6, 6.07) is 8.17. The highest BCUT2D eigenvalue weighted by atomic mass is 16.1. The highest BCUT2D eigenvalue weighted by Crippen LogP contribution is 2.30. The third-order valence-electron chi connectivity index (χ3n) is 3.97. The van der Waals surface area contributed by atoms with Crippen LogP contribution in [0, 0.1) is 6.92 Å². The number of fused-ring (bicyclic) bond motifs is 1. The third kappa shape index (κ3) is 2.84. The Balaban J connectivity index is 2.03. The molecule has 1 amide bonds. The first-order valence-corrected chi connectivity index (χ1v) is 7.63. The molecule has 0 unspecified atom stereocenters. The first-order valence-electron chi connectivity index (χ1n) is 7.63. The SMILES string of the molecule is CCC(=O)Nc1ccc2c(N3CCCC3)cc(C)nc2c1. The number of anilines is 2. The molecule has 1 N–H and O–H groups in total. The lowest BCUT2D eigenvalue weighted by Crippen LogP contribution is -2.18. The van der Waals surface area contributed by atoms with E-state index < -0.39 is 0 Å². The number of aromatic nitrogens is 1. The van der Waals surface area contributed by atoms with E-state index in [4.69, 9.17) is 0 Å². The normalized spacial score (nSPS) is 14.7. The Morgan fingerprint density at radius 3 is 2.76 bits per heavy atom. The van der Waals surface area contributed by atoms with Crippen LogP contribution in [0.2, 0.25) is 0 Å². The van der Waals surface area contributed by atoms with E-state index in [0.717, 1.165) is 35.4 Å². The van der Waals surface area contributed by atoms with Crippen LogP contribution in [0.5, 0.6) is 0 Å². The van der Waals surface area contributed by atoms with Gasteiger partial charge in [-0.1, -0.05) is 6.92 Å². The fourth-order valence-electron chi connectivity index (χ4n) is 2.89. The second-order valence-corrected chi connectivity index (χ2v) is 5.61. The number of pyridine rings is 1. The zero-order valence-corrected chi connectivity index (χ0v) is 12.6. The minimum absolute atomic E-state index is 0.0294. The van der Waals surface area contributed by atoms with E-state index in [2.05, 4.69) is 27.3 Å². The molecule has 0 atom stereocenters. The molecule has 0 bridgehead atoms. The summed E-state index contributed by atoms with van der Waals surface area (Å²) in [5.74, 6) is 0.0294. The molecule has 1 aliphatic rings. The summed E-state index contributed by atoms with van der Waals surface area (Å²) in [6.07, 6.45) is 3.00. The molecule has 0 saturated carbocycles. The number of nitrogens with zero attached hydrogens (tertiary/aromatic N) is 2. The predicted molar refractivity (Wildman–Crippen MR) is 86.8 cm³/mol. The fraction of sp³-hybridized carbons (Fsp3) is 0.412. The molecule has 0 aliphatic carbocycles. The Morgan fingerprint density at radius 1 is 1.29 bits per heavy atom. The molecule has 1 saturated heterocycles. The molecule has 2 aromatic rings. The first kappa shape index (κ1) is 13.9. The maximum Gasteiger partial charge on any atom is 0.224 e. The predicted octanol–water partition coefficient (Wildman–Crippen LogP) is 3.49. The summed E-state index contributed by atoms with van der Waals surface area (Å²) < 4.78 is 0. The number of carbonyl (C=O) groups excluding carboxylic acids is 1. The van der Waals surface area contributed by atoms with Crippen LogP contribution in [0.3, 0.4) is 0 Å². The van der Waals surface area contributed by atoms with E-state index >= 15 is 0 Å². The van der Waals surface area contributed by atoms with Gasteiger partial charge in [0.2, 0.25) is 5.91 Å². The van der Waals surface area contributed by atoms with Crippen molar-refractivity contribution in [2.45, 2.75) is 33.1 Å². The third-order valence-corrected chi connectivity index (χ3v) is 3.97. The van der Waals surface area contributed by atoms with Crippen LogP contribution in [-0.2, 0) is 4.79 Å². The van der Waals surface area contributed by atoms with Crippen LogP contribution in [0.1, 0.15) is 31.9 Å². The number of carbonyl (C=O) groups is 1. The van der Waals surface area contributed by atoms with E-state index in [1.807, 2.05) is 26.0 Å². The molecular formula is C17H21N3O. The molecular weight excluding hydrogens is 262 g/mol. The van der Waals surface area contributed by atoms with Crippen LogP contribution < -0.4 is 10.2 Å². The quantitative estimate of drug-likeness (QED) is 0.937. The lowest BCUT2D eigenvalue weighted by atomic mass is 10.1. The Kier molecular flexibility index (Phi) is 3.78. The molecule has 4 nitrogen and oxygen atoms in total. The summed E-state index contributed by atoms with van der Waals surface area (Å²) in [5.41, 5.74) is 4.05. The number of aryl methyl sites for hydroxylation is 1. The number of rotatable bonds is 3. The van der Waals surface area contributed by atoms with Crippen LogP contribution in [0.15, 0.2) is 24.3 Å². The van der Waals surface area contributed by atoms with Crippen molar-refractivity contribution in [3.8, 4) is 0 Å².